The summed E-state index contributed by atoms with van der Waals surface area (Å²) in [6.45, 7) is 0.771. The van der Waals surface area contributed by atoms with Crippen LogP contribution in [0.4, 0.5) is 0 Å². The highest BCUT2D eigenvalue weighted by Gasteiger charge is 2.37. The second-order valence-electron chi connectivity index (χ2n) is 5.54. The molecule has 0 unspecified atom stereocenters. The quantitative estimate of drug-likeness (QED) is 0.851. The van der Waals surface area contributed by atoms with Gasteiger partial charge in [-0.1, -0.05) is 12.1 Å². The Hall–Kier alpha value is -1.72. The van der Waals surface area contributed by atoms with E-state index in [0.717, 1.165) is 29.8 Å². The third-order valence-electron chi connectivity index (χ3n) is 4.18. The second kappa shape index (κ2) is 7.03. The van der Waals surface area contributed by atoms with Gasteiger partial charge in [0.05, 0.1) is 18.6 Å². The lowest BCUT2D eigenvalue weighted by Gasteiger charge is -2.27. The minimum atomic E-state index is 0.0988. The van der Waals surface area contributed by atoms with Crippen LogP contribution in [0.3, 0.4) is 0 Å². The van der Waals surface area contributed by atoms with Crippen LogP contribution < -0.4 is 0 Å². The van der Waals surface area contributed by atoms with Gasteiger partial charge in [-0.3, -0.25) is 9.78 Å². The summed E-state index contributed by atoms with van der Waals surface area (Å²) < 4.78 is 5.60. The fourth-order valence-electron chi connectivity index (χ4n) is 3.08. The zero-order valence-corrected chi connectivity index (χ0v) is 13.5. The van der Waals surface area contributed by atoms with Gasteiger partial charge >= 0.3 is 0 Å². The minimum Gasteiger partial charge on any atom is -0.379 e. The first kappa shape index (κ1) is 15.2. The smallest absolute Gasteiger partial charge is 0.228 e. The van der Waals surface area contributed by atoms with Crippen molar-refractivity contribution in [2.75, 3.05) is 13.7 Å². The molecule has 1 saturated heterocycles. The zero-order valence-electron chi connectivity index (χ0n) is 12.6. The molecular weight excluding hydrogens is 296 g/mol. The van der Waals surface area contributed by atoms with Gasteiger partial charge in [0.25, 0.3) is 0 Å². The standard InChI is InChI=1S/C17H20N2O2S/c1-21-16-6-8-19(17(20)11-14-5-3-9-22-14)15(16)10-13-4-2-7-18-12-13/h2-5,7,9,12,15-16H,6,8,10-11H2,1H3/t15-,16-/m0/s1. The summed E-state index contributed by atoms with van der Waals surface area (Å²) in [6.07, 6.45) is 5.92. The normalized spacial score (nSPS) is 21.2. The van der Waals surface area contributed by atoms with E-state index in [0.29, 0.717) is 6.42 Å². The number of ether oxygens (including phenoxy) is 1. The molecule has 0 radical (unpaired) electrons. The Morgan fingerprint density at radius 1 is 1.45 bits per heavy atom. The molecule has 0 bridgehead atoms. The Kier molecular flexibility index (Phi) is 4.85. The van der Waals surface area contributed by atoms with E-state index in [1.54, 1.807) is 24.6 Å². The average Bonchev–Trinajstić information content (AvgIpc) is 3.18. The molecule has 116 valence electrons. The first-order valence-electron chi connectivity index (χ1n) is 7.51. The van der Waals surface area contributed by atoms with Gasteiger partial charge in [0.2, 0.25) is 5.91 Å². The number of methoxy groups -OCH3 is 1. The number of aromatic nitrogens is 1. The van der Waals surface area contributed by atoms with Gasteiger partial charge in [-0.05, 0) is 35.9 Å². The van der Waals surface area contributed by atoms with E-state index in [2.05, 4.69) is 11.1 Å². The van der Waals surface area contributed by atoms with Crippen molar-refractivity contribution < 1.29 is 9.53 Å². The van der Waals surface area contributed by atoms with Crippen LogP contribution in [-0.4, -0.2) is 41.6 Å². The first-order chi connectivity index (χ1) is 10.8. The van der Waals surface area contributed by atoms with Crippen molar-refractivity contribution in [3.05, 3.63) is 52.5 Å². The molecule has 0 spiro atoms. The molecule has 1 amide bonds. The molecule has 1 fully saturated rings. The van der Waals surface area contributed by atoms with Gasteiger partial charge in [0.15, 0.2) is 0 Å². The maximum absolute atomic E-state index is 12.6. The molecule has 1 aliphatic heterocycles. The Balaban J connectivity index is 1.72. The number of likely N-dealkylation sites (tertiary alicyclic amines) is 1. The van der Waals surface area contributed by atoms with Gasteiger partial charge in [-0.15, -0.1) is 11.3 Å². The van der Waals surface area contributed by atoms with Crippen molar-refractivity contribution in [3.8, 4) is 0 Å². The largest absolute Gasteiger partial charge is 0.379 e. The van der Waals surface area contributed by atoms with E-state index in [4.69, 9.17) is 4.74 Å². The van der Waals surface area contributed by atoms with Crippen molar-refractivity contribution in [2.24, 2.45) is 0 Å². The molecule has 2 aromatic rings. The van der Waals surface area contributed by atoms with Gasteiger partial charge in [-0.2, -0.15) is 0 Å². The molecule has 22 heavy (non-hydrogen) atoms. The minimum absolute atomic E-state index is 0.0988. The molecule has 0 aliphatic carbocycles. The van der Waals surface area contributed by atoms with Crippen molar-refractivity contribution in [2.45, 2.75) is 31.4 Å². The fraction of sp³-hybridized carbons (Fsp3) is 0.412. The second-order valence-corrected chi connectivity index (χ2v) is 6.57. The molecule has 3 heterocycles. The summed E-state index contributed by atoms with van der Waals surface area (Å²) in [6, 6.07) is 8.09. The lowest BCUT2D eigenvalue weighted by atomic mass is 10.0. The SMILES string of the molecule is CO[C@H]1CCN(C(=O)Cc2cccs2)[C@H]1Cc1cccnc1. The number of thiophene rings is 1. The van der Waals surface area contributed by atoms with Crippen LogP contribution in [0, 0.1) is 0 Å². The maximum atomic E-state index is 12.6. The topological polar surface area (TPSA) is 42.4 Å². The predicted molar refractivity (Wildman–Crippen MR) is 86.9 cm³/mol. The number of pyridine rings is 1. The van der Waals surface area contributed by atoms with E-state index in [1.165, 1.54) is 0 Å². The number of carbonyl (C=O) groups is 1. The van der Waals surface area contributed by atoms with Crippen LogP contribution in [0.1, 0.15) is 16.9 Å². The Bertz CT molecular complexity index is 600. The highest BCUT2D eigenvalue weighted by Crippen LogP contribution is 2.25. The number of hydrogen-bond donors (Lipinski definition) is 0. The lowest BCUT2D eigenvalue weighted by Crippen LogP contribution is -2.42. The average molecular weight is 316 g/mol. The van der Waals surface area contributed by atoms with Crippen LogP contribution in [0.5, 0.6) is 0 Å². The summed E-state index contributed by atoms with van der Waals surface area (Å²) in [4.78, 5) is 19.9. The van der Waals surface area contributed by atoms with Gasteiger partial charge in [-0.25, -0.2) is 0 Å². The van der Waals surface area contributed by atoms with Crippen LogP contribution in [0.25, 0.3) is 0 Å². The summed E-state index contributed by atoms with van der Waals surface area (Å²) in [7, 11) is 1.73. The Labute approximate surface area is 134 Å². The Morgan fingerprint density at radius 3 is 3.05 bits per heavy atom. The number of nitrogens with zero attached hydrogens (tertiary/aromatic N) is 2. The van der Waals surface area contributed by atoms with Crippen LogP contribution in [0.15, 0.2) is 42.0 Å². The number of carbonyl (C=O) groups excluding carboxylic acids is 1. The lowest BCUT2D eigenvalue weighted by molar-refractivity contribution is -0.132. The molecule has 0 aromatic carbocycles. The summed E-state index contributed by atoms with van der Waals surface area (Å²) in [5.41, 5.74) is 1.14. The molecule has 2 aromatic heterocycles. The van der Waals surface area contributed by atoms with Crippen molar-refractivity contribution in [1.82, 2.24) is 9.88 Å². The molecule has 0 saturated carbocycles. The predicted octanol–water partition coefficient (Wildman–Crippen LogP) is 2.54. The van der Waals surface area contributed by atoms with Gasteiger partial charge < -0.3 is 9.64 Å². The monoisotopic (exact) mass is 316 g/mol. The third kappa shape index (κ3) is 3.36. The van der Waals surface area contributed by atoms with E-state index in [-0.39, 0.29) is 18.1 Å². The Morgan fingerprint density at radius 2 is 2.36 bits per heavy atom. The van der Waals surface area contributed by atoms with Crippen LogP contribution in [0.2, 0.25) is 0 Å². The van der Waals surface area contributed by atoms with Crippen LogP contribution >= 0.6 is 11.3 Å². The van der Waals surface area contributed by atoms with Gasteiger partial charge in [0, 0.05) is 30.9 Å². The van der Waals surface area contributed by atoms with Crippen molar-refractivity contribution >= 4 is 17.2 Å². The first-order valence-corrected chi connectivity index (χ1v) is 8.39. The van der Waals surface area contributed by atoms with Crippen molar-refractivity contribution in [1.29, 1.82) is 0 Å². The van der Waals surface area contributed by atoms with E-state index in [9.17, 15) is 4.79 Å². The maximum Gasteiger partial charge on any atom is 0.228 e. The molecule has 3 rings (SSSR count). The molecule has 5 heteroatoms. The molecule has 1 aliphatic rings. The molecule has 4 nitrogen and oxygen atoms in total. The summed E-state index contributed by atoms with van der Waals surface area (Å²) >= 11 is 1.63. The molecule has 0 N–H and O–H groups in total. The summed E-state index contributed by atoms with van der Waals surface area (Å²) in [5.74, 6) is 0.191. The number of hydrogen-bond acceptors (Lipinski definition) is 4. The summed E-state index contributed by atoms with van der Waals surface area (Å²) in [5, 5.41) is 2.01. The zero-order chi connectivity index (χ0) is 15.4. The fourth-order valence-corrected chi connectivity index (χ4v) is 3.77. The van der Waals surface area contributed by atoms with E-state index in [1.807, 2.05) is 34.7 Å². The number of amides is 1. The molecular formula is C17H20N2O2S. The third-order valence-corrected chi connectivity index (χ3v) is 5.06. The number of rotatable bonds is 5. The van der Waals surface area contributed by atoms with Gasteiger partial charge in [0.1, 0.15) is 0 Å². The molecule has 2 atom stereocenters. The van der Waals surface area contributed by atoms with E-state index >= 15 is 0 Å². The van der Waals surface area contributed by atoms with E-state index < -0.39 is 0 Å². The highest BCUT2D eigenvalue weighted by molar-refractivity contribution is 7.10. The highest BCUT2D eigenvalue weighted by atomic mass is 32.1. The van der Waals surface area contributed by atoms with Crippen LogP contribution in [-0.2, 0) is 22.4 Å². The van der Waals surface area contributed by atoms with Crippen molar-refractivity contribution in [3.63, 3.8) is 0 Å².